The number of hydrogen-bond donors (Lipinski definition) is 1. The van der Waals surface area contributed by atoms with E-state index in [1.54, 1.807) is 12.1 Å². The summed E-state index contributed by atoms with van der Waals surface area (Å²) in [5, 5.41) is 12.7. The Bertz CT molecular complexity index is 1080. The molecule has 3 aromatic rings. The molecule has 1 saturated heterocycles. The molecule has 0 aromatic carbocycles. The summed E-state index contributed by atoms with van der Waals surface area (Å²) < 4.78 is 10.7. The fourth-order valence-electron chi connectivity index (χ4n) is 2.97. The zero-order chi connectivity index (χ0) is 20.6. The summed E-state index contributed by atoms with van der Waals surface area (Å²) in [5.74, 6) is 0.158. The molecule has 0 spiro atoms. The maximum atomic E-state index is 13.0. The largest absolute Gasteiger partial charge is 0.494 e. The molecule has 10 heteroatoms. The van der Waals surface area contributed by atoms with E-state index in [4.69, 9.17) is 21.1 Å². The first-order chi connectivity index (χ1) is 13.9. The number of ether oxygens (including phenoxy) is 2. The van der Waals surface area contributed by atoms with Crippen LogP contribution in [0.1, 0.15) is 28.0 Å². The minimum Gasteiger partial charge on any atom is -0.494 e. The number of hydrogen-bond acceptors (Lipinski definition) is 8. The van der Waals surface area contributed by atoms with Crippen LogP contribution in [0.15, 0.2) is 24.5 Å². The van der Waals surface area contributed by atoms with Gasteiger partial charge in [-0.1, -0.05) is 22.9 Å². The van der Waals surface area contributed by atoms with E-state index in [1.807, 2.05) is 6.92 Å². The molecule has 0 atom stereocenters. The van der Waals surface area contributed by atoms with Crippen LogP contribution in [0.3, 0.4) is 0 Å². The molecular formula is C19H18ClN5O3S. The van der Waals surface area contributed by atoms with Crippen molar-refractivity contribution in [2.45, 2.75) is 19.3 Å². The summed E-state index contributed by atoms with van der Waals surface area (Å²) in [7, 11) is 1.54. The van der Waals surface area contributed by atoms with Crippen LogP contribution in [-0.4, -0.2) is 46.4 Å². The number of carbonyl (C=O) groups is 1. The van der Waals surface area contributed by atoms with Crippen LogP contribution in [0.2, 0.25) is 5.15 Å². The van der Waals surface area contributed by atoms with Gasteiger partial charge in [-0.05, 0) is 26.0 Å². The lowest BCUT2D eigenvalue weighted by Gasteiger charge is -2.35. The van der Waals surface area contributed by atoms with E-state index in [-0.39, 0.29) is 11.3 Å². The molecule has 8 nitrogen and oxygen atoms in total. The van der Waals surface area contributed by atoms with Crippen molar-refractivity contribution in [1.29, 1.82) is 0 Å². The second-order valence-corrected chi connectivity index (χ2v) is 8.36. The molecule has 1 amide bonds. The topological polar surface area (TPSA) is 99.1 Å². The number of nitrogens with zero attached hydrogens (tertiary/aromatic N) is 4. The molecule has 1 aliphatic rings. The number of aromatic nitrogens is 4. The maximum absolute atomic E-state index is 13.0. The summed E-state index contributed by atoms with van der Waals surface area (Å²) in [5.41, 5.74) is 2.27. The van der Waals surface area contributed by atoms with Crippen molar-refractivity contribution in [2.75, 3.05) is 25.6 Å². The molecule has 0 unspecified atom stereocenters. The molecule has 4 heterocycles. The zero-order valence-corrected chi connectivity index (χ0v) is 17.6. The second kappa shape index (κ2) is 7.66. The highest BCUT2D eigenvalue weighted by atomic mass is 35.5. The van der Waals surface area contributed by atoms with Crippen LogP contribution in [0.4, 0.5) is 5.13 Å². The predicted molar refractivity (Wildman–Crippen MR) is 110 cm³/mol. The number of amides is 1. The number of halogens is 1. The van der Waals surface area contributed by atoms with Gasteiger partial charge in [0.05, 0.1) is 37.5 Å². The van der Waals surface area contributed by atoms with Crippen LogP contribution < -0.4 is 10.1 Å². The molecular weight excluding hydrogens is 414 g/mol. The van der Waals surface area contributed by atoms with Gasteiger partial charge >= 0.3 is 0 Å². The third-order valence-electron chi connectivity index (χ3n) is 4.63. The number of rotatable bonds is 5. The molecule has 0 saturated carbocycles. The van der Waals surface area contributed by atoms with Gasteiger partial charge in [-0.15, -0.1) is 10.2 Å². The fraction of sp³-hybridized carbons (Fsp3) is 0.316. The van der Waals surface area contributed by atoms with E-state index in [1.165, 1.54) is 30.8 Å². The molecule has 4 rings (SSSR count). The van der Waals surface area contributed by atoms with Crippen LogP contribution in [0.5, 0.6) is 5.75 Å². The van der Waals surface area contributed by atoms with Crippen molar-refractivity contribution in [2.24, 2.45) is 0 Å². The molecule has 0 bridgehead atoms. The van der Waals surface area contributed by atoms with Crippen molar-refractivity contribution in [1.82, 2.24) is 20.2 Å². The molecule has 150 valence electrons. The van der Waals surface area contributed by atoms with Crippen LogP contribution in [0.25, 0.3) is 11.1 Å². The van der Waals surface area contributed by atoms with Gasteiger partial charge in [0.15, 0.2) is 0 Å². The minimum atomic E-state index is -0.347. The number of pyridine rings is 2. The molecule has 0 radical (unpaired) electrons. The Labute approximate surface area is 176 Å². The van der Waals surface area contributed by atoms with E-state index in [0.29, 0.717) is 45.9 Å². The molecule has 3 aromatic heterocycles. The zero-order valence-electron chi connectivity index (χ0n) is 16.0. The van der Waals surface area contributed by atoms with Crippen LogP contribution in [0, 0.1) is 6.92 Å². The first-order valence-electron chi connectivity index (χ1n) is 8.79. The first kappa shape index (κ1) is 19.7. The predicted octanol–water partition coefficient (Wildman–Crippen LogP) is 3.51. The van der Waals surface area contributed by atoms with Gasteiger partial charge in [0.2, 0.25) is 5.13 Å². The van der Waals surface area contributed by atoms with Gasteiger partial charge in [-0.3, -0.25) is 15.1 Å². The lowest BCUT2D eigenvalue weighted by atomic mass is 9.90. The average molecular weight is 432 g/mol. The molecule has 0 aliphatic carbocycles. The lowest BCUT2D eigenvalue weighted by molar-refractivity contribution is -0.0503. The summed E-state index contributed by atoms with van der Waals surface area (Å²) in [6, 6.07) is 3.47. The Balaban J connectivity index is 1.67. The van der Waals surface area contributed by atoms with Crippen molar-refractivity contribution < 1.29 is 14.3 Å². The second-order valence-electron chi connectivity index (χ2n) is 7.00. The smallest absolute Gasteiger partial charge is 0.259 e. The van der Waals surface area contributed by atoms with Gasteiger partial charge in [0.1, 0.15) is 15.9 Å². The van der Waals surface area contributed by atoms with Crippen LogP contribution >= 0.6 is 22.9 Å². The third-order valence-corrected chi connectivity index (χ3v) is 5.98. The Morgan fingerprint density at radius 1 is 1.24 bits per heavy atom. The van der Waals surface area contributed by atoms with Crippen molar-refractivity contribution in [3.63, 3.8) is 0 Å². The highest BCUT2D eigenvalue weighted by molar-refractivity contribution is 7.15. The quantitative estimate of drug-likeness (QED) is 0.617. The molecule has 1 aliphatic heterocycles. The van der Waals surface area contributed by atoms with Crippen LogP contribution in [-0.2, 0) is 10.2 Å². The molecule has 1 fully saturated rings. The first-order valence-corrected chi connectivity index (χ1v) is 9.99. The number of methoxy groups -OCH3 is 1. The Morgan fingerprint density at radius 2 is 2.03 bits per heavy atom. The molecule has 29 heavy (non-hydrogen) atoms. The van der Waals surface area contributed by atoms with Crippen molar-refractivity contribution >= 4 is 34.0 Å². The standard InChI is InChI=1S/C19H18ClN5O3S/c1-10-4-11(12-5-15(20)22-7-14(12)27-3)13(6-21-10)16(26)23-18-25-24-17(29-18)19(2)8-28-9-19/h4-7H,8-9H2,1-3H3,(H,23,25,26). The lowest BCUT2D eigenvalue weighted by Crippen LogP contribution is -2.43. The summed E-state index contributed by atoms with van der Waals surface area (Å²) >= 11 is 7.42. The maximum Gasteiger partial charge on any atom is 0.259 e. The van der Waals surface area contributed by atoms with E-state index < -0.39 is 0 Å². The number of aryl methyl sites for hydroxylation is 1. The monoisotopic (exact) mass is 431 g/mol. The molecule has 1 N–H and O–H groups in total. The highest BCUT2D eigenvalue weighted by Crippen LogP contribution is 2.36. The van der Waals surface area contributed by atoms with Gasteiger partial charge in [-0.2, -0.15) is 0 Å². The van der Waals surface area contributed by atoms with Crippen molar-refractivity contribution in [3.8, 4) is 16.9 Å². The Hall–Kier alpha value is -2.62. The van der Waals surface area contributed by atoms with Gasteiger partial charge < -0.3 is 9.47 Å². The van der Waals surface area contributed by atoms with E-state index in [9.17, 15) is 4.79 Å². The summed E-state index contributed by atoms with van der Waals surface area (Å²) in [6.45, 7) is 5.11. The third kappa shape index (κ3) is 3.81. The Morgan fingerprint density at radius 3 is 2.72 bits per heavy atom. The average Bonchev–Trinajstić information content (AvgIpc) is 3.14. The number of carbonyl (C=O) groups excluding carboxylic acids is 1. The highest BCUT2D eigenvalue weighted by Gasteiger charge is 2.39. The van der Waals surface area contributed by atoms with Gasteiger partial charge in [0, 0.05) is 23.0 Å². The normalized spacial score (nSPS) is 14.9. The number of anilines is 1. The fourth-order valence-corrected chi connectivity index (χ4v) is 3.98. The van der Waals surface area contributed by atoms with Crippen molar-refractivity contribution in [3.05, 3.63) is 45.9 Å². The summed E-state index contributed by atoms with van der Waals surface area (Å²) in [4.78, 5) is 21.3. The van der Waals surface area contributed by atoms with E-state index in [0.717, 1.165) is 10.7 Å². The van der Waals surface area contributed by atoms with Gasteiger partial charge in [-0.25, -0.2) is 4.98 Å². The summed E-state index contributed by atoms with van der Waals surface area (Å²) in [6.07, 6.45) is 3.05. The SMILES string of the molecule is COc1cnc(Cl)cc1-c1cc(C)ncc1C(=O)Nc1nnc(C2(C)COC2)s1. The Kier molecular flexibility index (Phi) is 5.20. The van der Waals surface area contributed by atoms with Gasteiger partial charge in [0.25, 0.3) is 5.91 Å². The van der Waals surface area contributed by atoms with E-state index in [2.05, 4.69) is 32.4 Å². The van der Waals surface area contributed by atoms with E-state index >= 15 is 0 Å². The number of nitrogens with one attached hydrogen (secondary N) is 1. The minimum absolute atomic E-state index is 0.141.